The molecule has 1 saturated heterocycles. The minimum atomic E-state index is -3.76. The van der Waals surface area contributed by atoms with Crippen molar-refractivity contribution >= 4 is 16.2 Å². The third kappa shape index (κ3) is 3.94. The minimum Gasteiger partial charge on any atom is -0.480 e. The topological polar surface area (TPSA) is 111 Å². The van der Waals surface area contributed by atoms with Gasteiger partial charge in [0.1, 0.15) is 6.04 Å². The summed E-state index contributed by atoms with van der Waals surface area (Å²) in [4.78, 5) is 11.0. The van der Waals surface area contributed by atoms with Crippen molar-refractivity contribution in [3.05, 3.63) is 0 Å². The van der Waals surface area contributed by atoms with Gasteiger partial charge in [0.2, 0.25) is 0 Å². The molecule has 7 nitrogen and oxygen atoms in total. The second kappa shape index (κ2) is 6.68. The van der Waals surface area contributed by atoms with Gasteiger partial charge in [-0.05, 0) is 25.7 Å². The lowest BCUT2D eigenvalue weighted by atomic mass is 10.1. The number of hydrogen-bond acceptors (Lipinski definition) is 4. The van der Waals surface area contributed by atoms with Crippen molar-refractivity contribution in [1.82, 2.24) is 9.03 Å². The first kappa shape index (κ1) is 14.9. The van der Waals surface area contributed by atoms with Crippen LogP contribution in [0.15, 0.2) is 0 Å². The molecule has 1 aliphatic rings. The number of nitriles is 1. The molecule has 1 atom stereocenters. The van der Waals surface area contributed by atoms with E-state index >= 15 is 0 Å². The molecular formula is C10H17N3O4S. The molecule has 18 heavy (non-hydrogen) atoms. The SMILES string of the molecule is N#CCCCNS(=O)(=O)N1CCCCC1C(=O)O. The van der Waals surface area contributed by atoms with Crippen molar-refractivity contribution in [2.45, 2.75) is 38.1 Å². The molecule has 1 heterocycles. The van der Waals surface area contributed by atoms with Gasteiger partial charge in [-0.2, -0.15) is 18.0 Å². The lowest BCUT2D eigenvalue weighted by molar-refractivity contribution is -0.142. The van der Waals surface area contributed by atoms with Crippen molar-refractivity contribution < 1.29 is 18.3 Å². The molecule has 0 spiro atoms. The van der Waals surface area contributed by atoms with Gasteiger partial charge in [0.15, 0.2) is 0 Å². The number of carboxylic acid groups (broad SMARTS) is 1. The largest absolute Gasteiger partial charge is 0.480 e. The number of nitrogens with one attached hydrogen (secondary N) is 1. The monoisotopic (exact) mass is 275 g/mol. The predicted octanol–water partition coefficient (Wildman–Crippen LogP) is 0.0637. The van der Waals surface area contributed by atoms with E-state index in [1.54, 1.807) is 0 Å². The summed E-state index contributed by atoms with van der Waals surface area (Å²) in [5.41, 5.74) is 0. The van der Waals surface area contributed by atoms with E-state index in [9.17, 15) is 13.2 Å². The molecule has 2 N–H and O–H groups in total. The average molecular weight is 275 g/mol. The second-order valence-corrected chi connectivity index (χ2v) is 5.83. The van der Waals surface area contributed by atoms with Crippen molar-refractivity contribution in [2.75, 3.05) is 13.1 Å². The van der Waals surface area contributed by atoms with Gasteiger partial charge in [0.05, 0.1) is 6.07 Å². The Balaban J connectivity index is 2.64. The van der Waals surface area contributed by atoms with E-state index in [0.29, 0.717) is 19.3 Å². The van der Waals surface area contributed by atoms with Gasteiger partial charge in [-0.15, -0.1) is 0 Å². The van der Waals surface area contributed by atoms with Gasteiger partial charge in [-0.3, -0.25) is 4.79 Å². The van der Waals surface area contributed by atoms with Crippen molar-refractivity contribution in [2.24, 2.45) is 0 Å². The highest BCUT2D eigenvalue weighted by atomic mass is 32.2. The zero-order chi connectivity index (χ0) is 13.6. The Morgan fingerprint density at radius 2 is 2.22 bits per heavy atom. The molecule has 0 saturated carbocycles. The Labute approximate surface area is 107 Å². The zero-order valence-electron chi connectivity index (χ0n) is 10.0. The van der Waals surface area contributed by atoms with E-state index in [1.165, 1.54) is 0 Å². The highest BCUT2D eigenvalue weighted by Gasteiger charge is 2.36. The first-order valence-corrected chi connectivity index (χ1v) is 7.29. The molecule has 0 aromatic rings. The van der Waals surface area contributed by atoms with Crippen LogP contribution in [0.4, 0.5) is 0 Å². The number of aliphatic carboxylic acids is 1. The number of piperidine rings is 1. The summed E-state index contributed by atoms with van der Waals surface area (Å²) < 4.78 is 27.2. The molecule has 1 rings (SSSR count). The van der Waals surface area contributed by atoms with Crippen molar-refractivity contribution in [3.8, 4) is 6.07 Å². The molecule has 8 heteroatoms. The molecule has 0 aromatic carbocycles. The maximum atomic E-state index is 11.9. The molecule has 1 unspecified atom stereocenters. The Bertz CT molecular complexity index is 429. The Morgan fingerprint density at radius 1 is 1.50 bits per heavy atom. The van der Waals surface area contributed by atoms with Gasteiger partial charge in [0.25, 0.3) is 10.2 Å². The van der Waals surface area contributed by atoms with Crippen LogP contribution in [0.1, 0.15) is 32.1 Å². The molecule has 1 fully saturated rings. The van der Waals surface area contributed by atoms with E-state index in [4.69, 9.17) is 10.4 Å². The molecule has 102 valence electrons. The number of hydrogen-bond donors (Lipinski definition) is 2. The van der Waals surface area contributed by atoms with Gasteiger partial charge in [-0.25, -0.2) is 4.72 Å². The Hall–Kier alpha value is -1.17. The Morgan fingerprint density at radius 3 is 2.83 bits per heavy atom. The van der Waals surface area contributed by atoms with E-state index in [-0.39, 0.29) is 19.5 Å². The fourth-order valence-electron chi connectivity index (χ4n) is 1.89. The maximum absolute atomic E-state index is 11.9. The summed E-state index contributed by atoms with van der Waals surface area (Å²) in [7, 11) is -3.76. The molecule has 0 radical (unpaired) electrons. The number of rotatable bonds is 6. The predicted molar refractivity (Wildman–Crippen MR) is 63.8 cm³/mol. The third-order valence-electron chi connectivity index (χ3n) is 2.80. The highest BCUT2D eigenvalue weighted by molar-refractivity contribution is 7.87. The van der Waals surface area contributed by atoms with E-state index in [2.05, 4.69) is 4.72 Å². The molecular weight excluding hydrogens is 258 g/mol. The van der Waals surface area contributed by atoms with E-state index in [1.807, 2.05) is 6.07 Å². The summed E-state index contributed by atoms with van der Waals surface area (Å²) in [6.07, 6.45) is 2.42. The lowest BCUT2D eigenvalue weighted by Crippen LogP contribution is -2.52. The number of carbonyl (C=O) groups is 1. The van der Waals surface area contributed by atoms with Crippen LogP contribution < -0.4 is 4.72 Å². The minimum absolute atomic E-state index is 0.152. The first-order valence-electron chi connectivity index (χ1n) is 5.85. The molecule has 0 aliphatic carbocycles. The maximum Gasteiger partial charge on any atom is 0.322 e. The average Bonchev–Trinajstić information content (AvgIpc) is 2.35. The second-order valence-electron chi connectivity index (χ2n) is 4.12. The van der Waals surface area contributed by atoms with E-state index < -0.39 is 22.2 Å². The molecule has 0 aromatic heterocycles. The zero-order valence-corrected chi connectivity index (χ0v) is 10.8. The summed E-state index contributed by atoms with van der Waals surface area (Å²) >= 11 is 0. The van der Waals surface area contributed by atoms with Crippen LogP contribution in [-0.2, 0) is 15.0 Å². The first-order chi connectivity index (χ1) is 8.49. The summed E-state index contributed by atoms with van der Waals surface area (Å²) in [6.45, 7) is 0.378. The van der Waals surface area contributed by atoms with Crippen LogP contribution in [-0.4, -0.2) is 42.9 Å². The summed E-state index contributed by atoms with van der Waals surface area (Å²) in [5, 5.41) is 17.3. The van der Waals surface area contributed by atoms with Gasteiger partial charge in [0, 0.05) is 19.5 Å². The standard InChI is InChI=1S/C10H17N3O4S/c11-6-2-3-7-12-18(16,17)13-8-4-1-5-9(13)10(14)15/h9,12H,1-5,7-8H2,(H,14,15). The molecule has 0 amide bonds. The van der Waals surface area contributed by atoms with Crippen LogP contribution in [0.25, 0.3) is 0 Å². The van der Waals surface area contributed by atoms with Crippen LogP contribution >= 0.6 is 0 Å². The van der Waals surface area contributed by atoms with Crippen LogP contribution in [0.5, 0.6) is 0 Å². The van der Waals surface area contributed by atoms with Crippen LogP contribution in [0, 0.1) is 11.3 Å². The summed E-state index contributed by atoms with van der Waals surface area (Å²) in [6, 6.07) is 0.939. The molecule has 0 bridgehead atoms. The fourth-order valence-corrected chi connectivity index (χ4v) is 3.36. The van der Waals surface area contributed by atoms with Crippen molar-refractivity contribution in [3.63, 3.8) is 0 Å². The Kier molecular flexibility index (Phi) is 5.53. The third-order valence-corrected chi connectivity index (χ3v) is 4.42. The fraction of sp³-hybridized carbons (Fsp3) is 0.800. The van der Waals surface area contributed by atoms with Crippen LogP contribution in [0.2, 0.25) is 0 Å². The normalized spacial score (nSPS) is 21.4. The summed E-state index contributed by atoms with van der Waals surface area (Å²) in [5.74, 6) is -1.11. The lowest BCUT2D eigenvalue weighted by Gasteiger charge is -2.31. The number of carboxylic acids is 1. The van der Waals surface area contributed by atoms with E-state index in [0.717, 1.165) is 10.7 Å². The quantitative estimate of drug-likeness (QED) is 0.666. The van der Waals surface area contributed by atoms with Gasteiger partial charge in [-0.1, -0.05) is 0 Å². The molecule has 1 aliphatic heterocycles. The smallest absolute Gasteiger partial charge is 0.322 e. The van der Waals surface area contributed by atoms with Gasteiger partial charge < -0.3 is 5.11 Å². The number of nitrogens with zero attached hydrogens (tertiary/aromatic N) is 2. The van der Waals surface area contributed by atoms with Crippen LogP contribution in [0.3, 0.4) is 0 Å². The van der Waals surface area contributed by atoms with Gasteiger partial charge >= 0.3 is 5.97 Å². The van der Waals surface area contributed by atoms with Crippen molar-refractivity contribution in [1.29, 1.82) is 5.26 Å². The highest BCUT2D eigenvalue weighted by Crippen LogP contribution is 2.19. The number of unbranched alkanes of at least 4 members (excludes halogenated alkanes) is 1.